The maximum absolute atomic E-state index is 2.79. The molecule has 2 nitrogen and oxygen atoms in total. The minimum absolute atomic E-state index is 0.740. The van der Waals surface area contributed by atoms with Gasteiger partial charge in [-0.05, 0) is 42.3 Å². The highest BCUT2D eigenvalue weighted by molar-refractivity contribution is 5.17. The van der Waals surface area contributed by atoms with Crippen LogP contribution in [0.2, 0.25) is 0 Å². The van der Waals surface area contributed by atoms with Gasteiger partial charge in [-0.2, -0.15) is 0 Å². The average molecular weight is 349 g/mol. The summed E-state index contributed by atoms with van der Waals surface area (Å²) < 4.78 is 0. The van der Waals surface area contributed by atoms with Gasteiger partial charge < -0.3 is 0 Å². The van der Waals surface area contributed by atoms with Gasteiger partial charge in [0.25, 0.3) is 0 Å². The number of benzene rings is 2. The van der Waals surface area contributed by atoms with Gasteiger partial charge in [-0.15, -0.1) is 0 Å². The molecule has 2 heteroatoms. The summed E-state index contributed by atoms with van der Waals surface area (Å²) in [5.74, 6) is 1.90. The SMILES string of the molecule is CCC1CN2CCC1CC2CN(Cc1ccccc1)Cc1ccccc1. The van der Waals surface area contributed by atoms with Crippen molar-refractivity contribution in [2.24, 2.45) is 11.8 Å². The molecule has 5 rings (SSSR count). The van der Waals surface area contributed by atoms with Crippen molar-refractivity contribution >= 4 is 0 Å². The van der Waals surface area contributed by atoms with Gasteiger partial charge >= 0.3 is 0 Å². The van der Waals surface area contributed by atoms with Crippen molar-refractivity contribution in [1.29, 1.82) is 0 Å². The Balaban J connectivity index is 1.46. The molecule has 2 aromatic carbocycles. The van der Waals surface area contributed by atoms with Crippen molar-refractivity contribution < 1.29 is 0 Å². The third kappa shape index (κ3) is 4.19. The average Bonchev–Trinajstić information content (AvgIpc) is 2.70. The van der Waals surface area contributed by atoms with E-state index in [1.807, 2.05) is 0 Å². The Bertz CT molecular complexity index is 628. The van der Waals surface area contributed by atoms with Crippen LogP contribution >= 0.6 is 0 Å². The first-order chi connectivity index (χ1) is 12.8. The number of piperidine rings is 3. The molecule has 4 atom stereocenters. The molecule has 2 aromatic rings. The molecule has 3 aliphatic rings. The van der Waals surface area contributed by atoms with Crippen LogP contribution in [0.5, 0.6) is 0 Å². The Morgan fingerprint density at radius 3 is 2.04 bits per heavy atom. The number of hydrogen-bond acceptors (Lipinski definition) is 2. The Kier molecular flexibility index (Phi) is 5.72. The normalized spacial score (nSPS) is 27.8. The van der Waals surface area contributed by atoms with Crippen LogP contribution in [0, 0.1) is 11.8 Å². The van der Waals surface area contributed by atoms with Crippen LogP contribution in [0.1, 0.15) is 37.3 Å². The molecule has 2 bridgehead atoms. The van der Waals surface area contributed by atoms with Gasteiger partial charge in [0.1, 0.15) is 0 Å². The first-order valence-electron chi connectivity index (χ1n) is 10.4. The molecule has 3 fully saturated rings. The Morgan fingerprint density at radius 1 is 0.923 bits per heavy atom. The van der Waals surface area contributed by atoms with E-state index in [4.69, 9.17) is 0 Å². The lowest BCUT2D eigenvalue weighted by Crippen LogP contribution is -2.56. The van der Waals surface area contributed by atoms with Crippen molar-refractivity contribution in [2.45, 2.75) is 45.3 Å². The van der Waals surface area contributed by atoms with Crippen molar-refractivity contribution in [3.63, 3.8) is 0 Å². The van der Waals surface area contributed by atoms with Gasteiger partial charge in [0, 0.05) is 32.2 Å². The lowest BCUT2D eigenvalue weighted by atomic mass is 9.74. The largest absolute Gasteiger partial charge is 0.299 e. The molecule has 0 spiro atoms. The number of rotatable bonds is 7. The number of hydrogen-bond donors (Lipinski definition) is 0. The van der Waals surface area contributed by atoms with E-state index in [-0.39, 0.29) is 0 Å². The van der Waals surface area contributed by atoms with E-state index in [0.717, 1.165) is 31.0 Å². The van der Waals surface area contributed by atoms with E-state index < -0.39 is 0 Å². The molecule has 0 saturated carbocycles. The zero-order valence-electron chi connectivity index (χ0n) is 16.1. The molecule has 0 N–H and O–H groups in total. The third-order valence-electron chi connectivity index (χ3n) is 6.51. The maximum Gasteiger partial charge on any atom is 0.0237 e. The minimum Gasteiger partial charge on any atom is -0.299 e. The van der Waals surface area contributed by atoms with Gasteiger partial charge in [-0.25, -0.2) is 0 Å². The zero-order valence-corrected chi connectivity index (χ0v) is 16.1. The second-order valence-corrected chi connectivity index (χ2v) is 8.24. The van der Waals surface area contributed by atoms with E-state index in [1.54, 1.807) is 0 Å². The van der Waals surface area contributed by atoms with Gasteiger partial charge in [0.2, 0.25) is 0 Å². The molecule has 26 heavy (non-hydrogen) atoms. The highest BCUT2D eigenvalue weighted by Crippen LogP contribution is 2.38. The highest BCUT2D eigenvalue weighted by Gasteiger charge is 2.39. The highest BCUT2D eigenvalue weighted by atomic mass is 15.2. The fourth-order valence-corrected chi connectivity index (χ4v) is 5.07. The Labute approximate surface area is 158 Å². The second kappa shape index (κ2) is 8.37. The molecule has 3 heterocycles. The van der Waals surface area contributed by atoms with E-state index in [1.165, 1.54) is 50.0 Å². The number of nitrogens with zero attached hydrogens (tertiary/aromatic N) is 2. The van der Waals surface area contributed by atoms with Crippen molar-refractivity contribution in [1.82, 2.24) is 9.80 Å². The Hall–Kier alpha value is -1.64. The summed E-state index contributed by atoms with van der Waals surface area (Å²) in [6.07, 6.45) is 4.18. The molecular weight excluding hydrogens is 316 g/mol. The molecular formula is C24H32N2. The minimum atomic E-state index is 0.740. The summed E-state index contributed by atoms with van der Waals surface area (Å²) in [5.41, 5.74) is 2.84. The summed E-state index contributed by atoms with van der Waals surface area (Å²) >= 11 is 0. The van der Waals surface area contributed by atoms with Crippen molar-refractivity contribution in [3.8, 4) is 0 Å². The molecule has 3 aliphatic heterocycles. The van der Waals surface area contributed by atoms with E-state index in [9.17, 15) is 0 Å². The molecule has 138 valence electrons. The van der Waals surface area contributed by atoms with Gasteiger partial charge in [0.15, 0.2) is 0 Å². The van der Waals surface area contributed by atoms with Crippen molar-refractivity contribution in [3.05, 3.63) is 71.8 Å². The summed E-state index contributed by atoms with van der Waals surface area (Å²) in [5, 5.41) is 0. The first-order valence-corrected chi connectivity index (χ1v) is 10.4. The molecule has 3 saturated heterocycles. The second-order valence-electron chi connectivity index (χ2n) is 8.24. The maximum atomic E-state index is 2.79. The summed E-state index contributed by atoms with van der Waals surface area (Å²) in [7, 11) is 0. The monoisotopic (exact) mass is 348 g/mol. The van der Waals surface area contributed by atoms with Crippen LogP contribution in [-0.2, 0) is 13.1 Å². The summed E-state index contributed by atoms with van der Waals surface area (Å²) in [6.45, 7) is 8.30. The molecule has 0 aromatic heterocycles. The van der Waals surface area contributed by atoms with Crippen LogP contribution in [0.25, 0.3) is 0 Å². The molecule has 0 radical (unpaired) electrons. The van der Waals surface area contributed by atoms with Gasteiger partial charge in [-0.1, -0.05) is 74.0 Å². The fraction of sp³-hybridized carbons (Fsp3) is 0.500. The quantitative estimate of drug-likeness (QED) is 0.708. The van der Waals surface area contributed by atoms with Crippen LogP contribution in [0.15, 0.2) is 60.7 Å². The predicted molar refractivity (Wildman–Crippen MR) is 109 cm³/mol. The van der Waals surface area contributed by atoms with Crippen LogP contribution in [0.4, 0.5) is 0 Å². The topological polar surface area (TPSA) is 6.48 Å². The number of fused-ring (bicyclic) bond motifs is 3. The predicted octanol–water partition coefficient (Wildman–Crippen LogP) is 4.81. The van der Waals surface area contributed by atoms with E-state index >= 15 is 0 Å². The van der Waals surface area contributed by atoms with Gasteiger partial charge in [-0.3, -0.25) is 9.80 Å². The van der Waals surface area contributed by atoms with E-state index in [2.05, 4.69) is 77.4 Å². The fourth-order valence-electron chi connectivity index (χ4n) is 5.07. The lowest BCUT2D eigenvalue weighted by molar-refractivity contribution is -0.0161. The summed E-state index contributed by atoms with van der Waals surface area (Å²) in [6, 6.07) is 22.7. The van der Waals surface area contributed by atoms with Gasteiger partial charge in [0.05, 0.1) is 0 Å². The molecule has 0 aliphatic carbocycles. The summed E-state index contributed by atoms with van der Waals surface area (Å²) in [4.78, 5) is 5.45. The first kappa shape index (κ1) is 17.8. The zero-order chi connectivity index (χ0) is 17.8. The van der Waals surface area contributed by atoms with E-state index in [0.29, 0.717) is 0 Å². The van der Waals surface area contributed by atoms with Crippen LogP contribution in [-0.4, -0.2) is 35.5 Å². The molecule has 4 unspecified atom stereocenters. The Morgan fingerprint density at radius 2 is 1.54 bits per heavy atom. The standard InChI is InChI=1S/C24H32N2/c1-2-22-18-26-14-13-23(22)15-24(26)19-25(16-20-9-5-3-6-10-20)17-21-11-7-4-8-12-21/h3-12,22-24H,2,13-19H2,1H3. The smallest absolute Gasteiger partial charge is 0.0237 e. The van der Waals surface area contributed by atoms with Crippen molar-refractivity contribution in [2.75, 3.05) is 19.6 Å². The van der Waals surface area contributed by atoms with Crippen LogP contribution in [0.3, 0.4) is 0 Å². The molecule has 0 amide bonds. The lowest BCUT2D eigenvalue weighted by Gasteiger charge is -2.51. The third-order valence-corrected chi connectivity index (χ3v) is 6.51. The van der Waals surface area contributed by atoms with Crippen LogP contribution < -0.4 is 0 Å².